The van der Waals surface area contributed by atoms with Gasteiger partial charge >= 0.3 is 5.97 Å². The maximum absolute atomic E-state index is 10.2. The maximum Gasteiger partial charge on any atom is 0.303 e. The van der Waals surface area contributed by atoms with Crippen molar-refractivity contribution in [2.75, 3.05) is 33.7 Å². The van der Waals surface area contributed by atoms with Crippen molar-refractivity contribution in [2.45, 2.75) is 25.4 Å². The molecule has 3 N–H and O–H groups in total. The minimum absolute atomic E-state index is 0.169. The molecule has 0 fully saturated rings. The van der Waals surface area contributed by atoms with Crippen molar-refractivity contribution in [3.63, 3.8) is 0 Å². The van der Waals surface area contributed by atoms with E-state index in [1.165, 1.54) is 0 Å². The van der Waals surface area contributed by atoms with Gasteiger partial charge in [0.1, 0.15) is 0 Å². The smallest absolute Gasteiger partial charge is 0.303 e. The van der Waals surface area contributed by atoms with Crippen molar-refractivity contribution in [3.8, 4) is 0 Å². The first-order valence-electron chi connectivity index (χ1n) is 5.13. The fraction of sp³-hybridized carbons (Fsp3) is 0.900. The van der Waals surface area contributed by atoms with Crippen LogP contribution in [0.15, 0.2) is 0 Å². The zero-order valence-electron chi connectivity index (χ0n) is 9.79. The monoisotopic (exact) mass is 218 g/mol. The molecule has 0 aromatic carbocycles. The molecule has 0 saturated heterocycles. The lowest BCUT2D eigenvalue weighted by Crippen LogP contribution is -2.45. The number of carboxylic acids is 1. The number of nitrogens with one attached hydrogen (secondary N) is 1. The lowest BCUT2D eigenvalue weighted by Gasteiger charge is -2.27. The molecule has 0 rings (SSSR count). The van der Waals surface area contributed by atoms with Crippen LogP contribution in [0.4, 0.5) is 0 Å². The van der Waals surface area contributed by atoms with E-state index in [-0.39, 0.29) is 6.42 Å². The Bertz CT molecular complexity index is 193. The summed E-state index contributed by atoms with van der Waals surface area (Å²) >= 11 is 0. The highest BCUT2D eigenvalue weighted by Gasteiger charge is 2.20. The Morgan fingerprint density at radius 3 is 2.53 bits per heavy atom. The van der Waals surface area contributed by atoms with Gasteiger partial charge in [-0.15, -0.1) is 0 Å². The molecule has 5 heteroatoms. The van der Waals surface area contributed by atoms with Gasteiger partial charge in [-0.3, -0.25) is 4.79 Å². The highest BCUT2D eigenvalue weighted by atomic mass is 16.4. The SMILES string of the molecule is CN(C)CC(C)(O)CNCCCC(=O)O. The minimum Gasteiger partial charge on any atom is -0.481 e. The van der Waals surface area contributed by atoms with Crippen molar-refractivity contribution in [3.05, 3.63) is 0 Å². The molecule has 0 heterocycles. The molecule has 0 aromatic rings. The molecule has 0 aromatic heterocycles. The molecule has 0 spiro atoms. The van der Waals surface area contributed by atoms with E-state index in [1.54, 1.807) is 6.92 Å². The molecule has 1 unspecified atom stereocenters. The number of nitrogens with zero attached hydrogens (tertiary/aromatic N) is 1. The van der Waals surface area contributed by atoms with Crippen LogP contribution in [0.2, 0.25) is 0 Å². The standard InChI is InChI=1S/C10H22N2O3/c1-10(15,8-12(2)3)7-11-6-4-5-9(13)14/h11,15H,4-8H2,1-3H3,(H,13,14). The van der Waals surface area contributed by atoms with E-state index in [2.05, 4.69) is 5.32 Å². The average Bonchev–Trinajstić information content (AvgIpc) is 1.99. The van der Waals surface area contributed by atoms with Gasteiger partial charge in [0.25, 0.3) is 0 Å². The van der Waals surface area contributed by atoms with Gasteiger partial charge in [-0.25, -0.2) is 0 Å². The zero-order chi connectivity index (χ0) is 11.9. The average molecular weight is 218 g/mol. The van der Waals surface area contributed by atoms with Crippen molar-refractivity contribution in [1.29, 1.82) is 0 Å². The van der Waals surface area contributed by atoms with Crippen molar-refractivity contribution >= 4 is 5.97 Å². The van der Waals surface area contributed by atoms with Gasteiger partial charge in [-0.1, -0.05) is 0 Å². The number of likely N-dealkylation sites (N-methyl/N-ethyl adjacent to an activating group) is 1. The van der Waals surface area contributed by atoms with Gasteiger partial charge in [0.05, 0.1) is 5.60 Å². The van der Waals surface area contributed by atoms with E-state index in [1.807, 2.05) is 19.0 Å². The molecule has 5 nitrogen and oxygen atoms in total. The first-order chi connectivity index (χ1) is 6.83. The Hall–Kier alpha value is -0.650. The first-order valence-corrected chi connectivity index (χ1v) is 5.13. The van der Waals surface area contributed by atoms with Crippen LogP contribution in [0.1, 0.15) is 19.8 Å². The van der Waals surface area contributed by atoms with E-state index < -0.39 is 11.6 Å². The number of carbonyl (C=O) groups is 1. The second kappa shape index (κ2) is 6.76. The lowest BCUT2D eigenvalue weighted by molar-refractivity contribution is -0.137. The fourth-order valence-electron chi connectivity index (χ4n) is 1.46. The Kier molecular flexibility index (Phi) is 6.47. The number of carboxylic acid groups (broad SMARTS) is 1. The summed E-state index contributed by atoms with van der Waals surface area (Å²) in [5, 5.41) is 21.3. The summed E-state index contributed by atoms with van der Waals surface area (Å²) in [7, 11) is 3.80. The number of aliphatic carboxylic acids is 1. The third-order valence-corrected chi connectivity index (χ3v) is 1.91. The predicted molar refractivity (Wildman–Crippen MR) is 58.9 cm³/mol. The summed E-state index contributed by atoms with van der Waals surface area (Å²) < 4.78 is 0. The quantitative estimate of drug-likeness (QED) is 0.490. The van der Waals surface area contributed by atoms with E-state index in [9.17, 15) is 9.90 Å². The van der Waals surface area contributed by atoms with Gasteiger partial charge in [-0.2, -0.15) is 0 Å². The lowest BCUT2D eigenvalue weighted by atomic mass is 10.1. The normalized spacial score (nSPS) is 15.3. The minimum atomic E-state index is -0.781. The number of rotatable bonds is 8. The zero-order valence-corrected chi connectivity index (χ0v) is 9.79. The number of hydrogen-bond donors (Lipinski definition) is 3. The van der Waals surface area contributed by atoms with E-state index in [0.29, 0.717) is 26.1 Å². The molecule has 0 bridgehead atoms. The van der Waals surface area contributed by atoms with Crippen molar-refractivity contribution < 1.29 is 15.0 Å². The molecule has 15 heavy (non-hydrogen) atoms. The second-order valence-corrected chi connectivity index (χ2v) is 4.41. The van der Waals surface area contributed by atoms with Crippen LogP contribution in [0.3, 0.4) is 0 Å². The van der Waals surface area contributed by atoms with Crippen molar-refractivity contribution in [1.82, 2.24) is 10.2 Å². The predicted octanol–water partition coefficient (Wildman–Crippen LogP) is -0.247. The van der Waals surface area contributed by atoms with Crippen molar-refractivity contribution in [2.24, 2.45) is 0 Å². The number of hydrogen-bond acceptors (Lipinski definition) is 4. The van der Waals surface area contributed by atoms with Crippen LogP contribution in [0, 0.1) is 0 Å². The second-order valence-electron chi connectivity index (χ2n) is 4.41. The molecule has 0 aliphatic carbocycles. The number of aliphatic hydroxyl groups is 1. The summed E-state index contributed by atoms with van der Waals surface area (Å²) in [6.45, 7) is 3.44. The molecular weight excluding hydrogens is 196 g/mol. The van der Waals surface area contributed by atoms with Crippen LogP contribution in [0.5, 0.6) is 0 Å². The van der Waals surface area contributed by atoms with Gasteiger partial charge in [-0.05, 0) is 34.0 Å². The molecule has 90 valence electrons. The highest BCUT2D eigenvalue weighted by molar-refractivity contribution is 5.66. The van der Waals surface area contributed by atoms with Gasteiger partial charge in [0.15, 0.2) is 0 Å². The molecular formula is C10H22N2O3. The van der Waals surface area contributed by atoms with Crippen LogP contribution < -0.4 is 5.32 Å². The Labute approximate surface area is 91.1 Å². The Morgan fingerprint density at radius 2 is 2.07 bits per heavy atom. The summed E-state index contributed by atoms with van der Waals surface area (Å²) in [4.78, 5) is 12.1. The highest BCUT2D eigenvalue weighted by Crippen LogP contribution is 2.02. The van der Waals surface area contributed by atoms with E-state index >= 15 is 0 Å². The van der Waals surface area contributed by atoms with Gasteiger partial charge in [0.2, 0.25) is 0 Å². The van der Waals surface area contributed by atoms with E-state index in [0.717, 1.165) is 0 Å². The van der Waals surface area contributed by atoms with E-state index in [4.69, 9.17) is 5.11 Å². The maximum atomic E-state index is 10.2. The topological polar surface area (TPSA) is 72.8 Å². The van der Waals surface area contributed by atoms with Crippen LogP contribution in [0.25, 0.3) is 0 Å². The fourth-order valence-corrected chi connectivity index (χ4v) is 1.46. The summed E-state index contributed by atoms with van der Waals surface area (Å²) in [5.41, 5.74) is -0.771. The van der Waals surface area contributed by atoms with Crippen LogP contribution in [-0.2, 0) is 4.79 Å². The van der Waals surface area contributed by atoms with Crippen LogP contribution in [-0.4, -0.2) is 60.4 Å². The third-order valence-electron chi connectivity index (χ3n) is 1.91. The van der Waals surface area contributed by atoms with Gasteiger partial charge < -0.3 is 20.4 Å². The third kappa shape index (κ3) is 9.65. The molecule has 0 aliphatic heterocycles. The molecule has 0 amide bonds. The Morgan fingerprint density at radius 1 is 1.47 bits per heavy atom. The molecule has 0 radical (unpaired) electrons. The summed E-state index contributed by atoms with van der Waals surface area (Å²) in [6.07, 6.45) is 0.760. The molecule has 0 aliphatic rings. The molecule has 0 saturated carbocycles. The molecule has 1 atom stereocenters. The van der Waals surface area contributed by atoms with Gasteiger partial charge in [0, 0.05) is 19.5 Å². The van der Waals surface area contributed by atoms with Crippen LogP contribution >= 0.6 is 0 Å². The first kappa shape index (κ1) is 14.3. The summed E-state index contributed by atoms with van der Waals surface area (Å²) in [6, 6.07) is 0. The summed E-state index contributed by atoms with van der Waals surface area (Å²) in [5.74, 6) is -0.781. The Balaban J connectivity index is 3.52. The largest absolute Gasteiger partial charge is 0.481 e.